The average molecular weight is 565 g/mol. The number of hydrogen-bond acceptors (Lipinski definition) is 6. The third-order valence-electron chi connectivity index (χ3n) is 9.85. The van der Waals surface area contributed by atoms with Gasteiger partial charge >= 0.3 is 0 Å². The summed E-state index contributed by atoms with van der Waals surface area (Å²) in [4.78, 5) is 46.0. The van der Waals surface area contributed by atoms with E-state index in [4.69, 9.17) is 9.47 Å². The predicted molar refractivity (Wildman–Crippen MR) is 155 cm³/mol. The molecule has 1 aromatic rings. The van der Waals surface area contributed by atoms with Gasteiger partial charge in [-0.25, -0.2) is 0 Å². The van der Waals surface area contributed by atoms with Crippen LogP contribution >= 0.6 is 0 Å². The third-order valence-corrected chi connectivity index (χ3v) is 9.85. The van der Waals surface area contributed by atoms with Gasteiger partial charge in [0, 0.05) is 24.8 Å². The topological polar surface area (TPSA) is 100 Å². The first-order chi connectivity index (χ1) is 19.9. The van der Waals surface area contributed by atoms with Gasteiger partial charge in [0.15, 0.2) is 0 Å². The highest BCUT2D eigenvalue weighted by Gasteiger charge is 2.72. The highest BCUT2D eigenvalue weighted by Crippen LogP contribution is 2.55. The second-order valence-electron chi connectivity index (χ2n) is 12.7. The number of ether oxygens (including phenoxy) is 2. The van der Waals surface area contributed by atoms with E-state index in [1.54, 1.807) is 36.3 Å². The maximum Gasteiger partial charge on any atom is 0.246 e. The van der Waals surface area contributed by atoms with Crippen molar-refractivity contribution in [2.24, 2.45) is 17.8 Å². The number of likely N-dealkylation sites (tertiary alicyclic amines) is 2. The van der Waals surface area contributed by atoms with Crippen LogP contribution in [0.1, 0.15) is 58.3 Å². The number of fused-ring (bicyclic) bond motifs is 1. The van der Waals surface area contributed by atoms with Crippen molar-refractivity contribution in [1.29, 1.82) is 0 Å². The van der Waals surface area contributed by atoms with Gasteiger partial charge in [-0.2, -0.15) is 0 Å². The number of carbonyl (C=O) groups is 3. The van der Waals surface area contributed by atoms with Gasteiger partial charge < -0.3 is 29.9 Å². The molecular weight excluding hydrogens is 520 g/mol. The number of nitrogens with zero attached hydrogens (tertiary/aromatic N) is 2. The summed E-state index contributed by atoms with van der Waals surface area (Å²) in [6.45, 7) is 5.81. The molecular formula is C32H44N4O5. The molecule has 3 saturated heterocycles. The number of nitrogens with one attached hydrogen (secondary N) is 2. The monoisotopic (exact) mass is 564 g/mol. The molecule has 1 aromatic carbocycles. The Hall–Kier alpha value is -2.91. The molecule has 0 unspecified atom stereocenters. The summed E-state index contributed by atoms with van der Waals surface area (Å²) in [6, 6.07) is 6.47. The van der Waals surface area contributed by atoms with E-state index in [0.29, 0.717) is 23.9 Å². The SMILES string of the molecule is COc1ccc(NC(=O)[C@H]2[C@H]3C=C[C@]4(O3)[C@H](C(=O)NC3CCCCC3)N(CCCN3CCC[C@@H](C)C3)C(=O)[C@@H]24)cc1. The second-order valence-corrected chi connectivity index (χ2v) is 12.7. The van der Waals surface area contributed by atoms with E-state index in [1.165, 1.54) is 19.3 Å². The molecule has 9 nitrogen and oxygen atoms in total. The van der Waals surface area contributed by atoms with Crippen LogP contribution in [0.15, 0.2) is 36.4 Å². The molecule has 2 N–H and O–H groups in total. The highest BCUT2D eigenvalue weighted by molar-refractivity contribution is 6.02. The van der Waals surface area contributed by atoms with Gasteiger partial charge in [0.05, 0.1) is 25.0 Å². The molecule has 0 aromatic heterocycles. The second kappa shape index (κ2) is 11.8. The minimum atomic E-state index is -1.12. The zero-order valence-corrected chi connectivity index (χ0v) is 24.3. The molecule has 4 heterocycles. The minimum absolute atomic E-state index is 0.121. The summed E-state index contributed by atoms with van der Waals surface area (Å²) < 4.78 is 11.7. The normalized spacial score (nSPS) is 33.2. The van der Waals surface area contributed by atoms with Gasteiger partial charge in [0.1, 0.15) is 17.4 Å². The van der Waals surface area contributed by atoms with Crippen LogP contribution in [0.5, 0.6) is 5.75 Å². The van der Waals surface area contributed by atoms with E-state index in [9.17, 15) is 14.4 Å². The van der Waals surface area contributed by atoms with E-state index in [-0.39, 0.29) is 23.8 Å². The van der Waals surface area contributed by atoms with Crippen LogP contribution in [0.2, 0.25) is 0 Å². The fourth-order valence-electron chi connectivity index (χ4n) is 7.89. The fraction of sp³-hybridized carbons (Fsp3) is 0.656. The molecule has 4 fully saturated rings. The fourth-order valence-corrected chi connectivity index (χ4v) is 7.89. The molecule has 6 atom stereocenters. The van der Waals surface area contributed by atoms with Crippen LogP contribution in [0.3, 0.4) is 0 Å². The number of anilines is 1. The van der Waals surface area contributed by atoms with Crippen LogP contribution in [0.4, 0.5) is 5.69 Å². The van der Waals surface area contributed by atoms with E-state index in [2.05, 4.69) is 22.5 Å². The predicted octanol–water partition coefficient (Wildman–Crippen LogP) is 3.36. The molecule has 1 aliphatic carbocycles. The molecule has 1 saturated carbocycles. The van der Waals surface area contributed by atoms with Crippen LogP contribution in [0.25, 0.3) is 0 Å². The molecule has 222 valence electrons. The van der Waals surface area contributed by atoms with Crippen LogP contribution < -0.4 is 15.4 Å². The molecule has 1 spiro atoms. The number of carbonyl (C=O) groups excluding carboxylic acids is 3. The van der Waals surface area contributed by atoms with Crippen LogP contribution in [-0.2, 0) is 19.1 Å². The van der Waals surface area contributed by atoms with Gasteiger partial charge in [-0.05, 0) is 75.4 Å². The first-order valence-corrected chi connectivity index (χ1v) is 15.5. The van der Waals surface area contributed by atoms with Crippen molar-refractivity contribution < 1.29 is 23.9 Å². The summed E-state index contributed by atoms with van der Waals surface area (Å²) in [5.74, 6) is -0.618. The Labute approximate surface area is 243 Å². The lowest BCUT2D eigenvalue weighted by Crippen LogP contribution is -2.56. The standard InChI is InChI=1S/C32H44N4O5/c1-21-8-6-17-35(20-21)18-7-19-36-28(30(38)34-22-9-4-3-5-10-22)32-16-15-25(41-32)26(27(32)31(36)39)29(37)33-23-11-13-24(40-2)14-12-23/h11-16,21-22,25-28H,3-10,17-20H2,1-2H3,(H,33,37)(H,34,38)/t21-,25-,26+,27-,28+,32-/m1/s1. The largest absolute Gasteiger partial charge is 0.497 e. The zero-order chi connectivity index (χ0) is 28.6. The number of hydrogen-bond donors (Lipinski definition) is 2. The molecule has 9 heteroatoms. The van der Waals surface area contributed by atoms with E-state index in [1.807, 2.05) is 12.2 Å². The Kier molecular flexibility index (Phi) is 8.10. The van der Waals surface area contributed by atoms with Crippen LogP contribution in [0, 0.1) is 17.8 Å². The van der Waals surface area contributed by atoms with Crippen molar-refractivity contribution >= 4 is 23.4 Å². The lowest BCUT2D eigenvalue weighted by Gasteiger charge is -2.35. The Balaban J connectivity index is 1.22. The summed E-state index contributed by atoms with van der Waals surface area (Å²) in [6.07, 6.45) is 11.8. The first kappa shape index (κ1) is 28.2. The molecule has 4 aliphatic heterocycles. The number of amides is 3. The Morgan fingerprint density at radius 3 is 2.56 bits per heavy atom. The van der Waals surface area contributed by atoms with Crippen LogP contribution in [-0.4, -0.2) is 84.6 Å². The quantitative estimate of drug-likeness (QED) is 0.447. The van der Waals surface area contributed by atoms with Gasteiger partial charge in [-0.15, -0.1) is 0 Å². The maximum absolute atomic E-state index is 14.2. The third kappa shape index (κ3) is 5.39. The Morgan fingerprint density at radius 2 is 1.83 bits per heavy atom. The Bertz CT molecular complexity index is 1170. The van der Waals surface area contributed by atoms with Crippen molar-refractivity contribution in [2.45, 2.75) is 82.1 Å². The Morgan fingerprint density at radius 1 is 1.05 bits per heavy atom. The smallest absolute Gasteiger partial charge is 0.246 e. The van der Waals surface area contributed by atoms with E-state index < -0.39 is 29.6 Å². The maximum atomic E-state index is 14.2. The van der Waals surface area contributed by atoms with Crippen molar-refractivity contribution in [3.8, 4) is 5.75 Å². The van der Waals surface area contributed by atoms with E-state index in [0.717, 1.165) is 51.7 Å². The number of piperidine rings is 1. The summed E-state index contributed by atoms with van der Waals surface area (Å²) >= 11 is 0. The molecule has 3 amide bonds. The summed E-state index contributed by atoms with van der Waals surface area (Å²) in [5.41, 5.74) is -0.497. The molecule has 6 rings (SSSR count). The van der Waals surface area contributed by atoms with Gasteiger partial charge in [-0.3, -0.25) is 14.4 Å². The molecule has 0 radical (unpaired) electrons. The van der Waals surface area contributed by atoms with Crippen molar-refractivity contribution in [3.63, 3.8) is 0 Å². The minimum Gasteiger partial charge on any atom is -0.497 e. The van der Waals surface area contributed by atoms with Crippen molar-refractivity contribution in [3.05, 3.63) is 36.4 Å². The van der Waals surface area contributed by atoms with Gasteiger partial charge in [0.25, 0.3) is 0 Å². The van der Waals surface area contributed by atoms with Crippen molar-refractivity contribution in [2.75, 3.05) is 38.6 Å². The zero-order valence-electron chi connectivity index (χ0n) is 24.3. The number of methoxy groups -OCH3 is 1. The van der Waals surface area contributed by atoms with E-state index >= 15 is 0 Å². The van der Waals surface area contributed by atoms with Gasteiger partial charge in [-0.1, -0.05) is 38.3 Å². The molecule has 41 heavy (non-hydrogen) atoms. The van der Waals surface area contributed by atoms with Gasteiger partial charge in [0.2, 0.25) is 17.7 Å². The summed E-state index contributed by atoms with van der Waals surface area (Å²) in [7, 11) is 1.59. The lowest BCUT2D eigenvalue weighted by atomic mass is 9.74. The first-order valence-electron chi connectivity index (χ1n) is 15.5. The lowest BCUT2D eigenvalue weighted by molar-refractivity contribution is -0.141. The number of benzene rings is 1. The average Bonchev–Trinajstić information content (AvgIpc) is 3.61. The summed E-state index contributed by atoms with van der Waals surface area (Å²) in [5, 5.41) is 6.25. The molecule has 2 bridgehead atoms. The van der Waals surface area contributed by atoms with Crippen molar-refractivity contribution in [1.82, 2.24) is 15.1 Å². The molecule has 5 aliphatic rings. The highest BCUT2D eigenvalue weighted by atomic mass is 16.5. The number of rotatable bonds is 9.